The van der Waals surface area contributed by atoms with Crippen molar-refractivity contribution < 1.29 is 48.5 Å². The largest absolute Gasteiger partial charge is 0.477 e. The van der Waals surface area contributed by atoms with Crippen molar-refractivity contribution in [2.45, 2.75) is 65.7 Å². The van der Waals surface area contributed by atoms with E-state index >= 15 is 0 Å². The molecule has 16 nitrogen and oxygen atoms in total. The minimum absolute atomic E-state index is 0.0250. The Balaban J connectivity index is 0.000000167. The molecule has 2 saturated carbocycles. The van der Waals surface area contributed by atoms with Gasteiger partial charge in [-0.1, -0.05) is 162 Å². The zero-order valence-corrected chi connectivity index (χ0v) is 49.7. The number of rotatable bonds is 20. The lowest BCUT2D eigenvalue weighted by Gasteiger charge is -2.24. The molecule has 0 aliphatic heterocycles. The first-order valence-electron chi connectivity index (χ1n) is 28.4. The Labute approximate surface area is 509 Å². The smallest absolute Gasteiger partial charge is 0.354 e. The second kappa shape index (κ2) is 33.5. The number of aromatic carboxylic acids is 2. The van der Waals surface area contributed by atoms with Crippen LogP contribution in [0.3, 0.4) is 0 Å². The summed E-state index contributed by atoms with van der Waals surface area (Å²) in [7, 11) is 0. The first-order chi connectivity index (χ1) is 41.8. The summed E-state index contributed by atoms with van der Waals surface area (Å²) in [5.41, 5.74) is 7.39. The van der Waals surface area contributed by atoms with E-state index in [1.54, 1.807) is 46.4 Å². The average molecular weight is 1220 g/mol. The molecule has 9 aromatic rings. The summed E-state index contributed by atoms with van der Waals surface area (Å²) in [4.78, 5) is 80.2. The third-order valence-electron chi connectivity index (χ3n) is 13.4. The Morgan fingerprint density at radius 2 is 0.872 bits per heavy atom. The first kappa shape index (κ1) is 63.8. The molecule has 0 spiro atoms. The summed E-state index contributed by atoms with van der Waals surface area (Å²) < 4.78 is 11.3. The number of carbonyl (C=O) groups excluding carboxylic acids is 4. The lowest BCUT2D eigenvalue weighted by atomic mass is 10.2. The van der Waals surface area contributed by atoms with E-state index in [2.05, 4.69) is 72.3 Å². The summed E-state index contributed by atoms with van der Waals surface area (Å²) in [6, 6.07) is 68.2. The highest BCUT2D eigenvalue weighted by Gasteiger charge is 2.30. The van der Waals surface area contributed by atoms with Gasteiger partial charge in [-0.05, 0) is 141 Å². The summed E-state index contributed by atoms with van der Waals surface area (Å²) in [6.07, 6.45) is 5.09. The SMILES string of the molecule is BrCC1CC1.CCOC(=O)c1ccc(C(=O)N(Cc2ccccc2)c2ccccc2)[nH]1.CCOC(=O)c1ccc(C(=O)O)[nH]1.O=C(O)c1ccc(C(=O)N(Cc2ccccc2)c2ccccc2)n1CC1CC1.c1ccc(CNc2ccccc2)cc1. The molecule has 0 saturated heterocycles. The third kappa shape index (κ3) is 20.3. The Kier molecular flexibility index (Phi) is 24.9. The number of hydrogen-bond acceptors (Lipinski definition) is 9. The lowest BCUT2D eigenvalue weighted by Crippen LogP contribution is -2.32. The molecule has 3 heterocycles. The number of carboxylic acid groups (broad SMARTS) is 2. The number of halogens is 1. The van der Waals surface area contributed by atoms with Gasteiger partial charge in [0.15, 0.2) is 0 Å². The van der Waals surface area contributed by atoms with Gasteiger partial charge in [0.25, 0.3) is 11.8 Å². The number of esters is 2. The van der Waals surface area contributed by atoms with E-state index in [0.717, 1.165) is 53.5 Å². The molecule has 11 rings (SSSR count). The second-order valence-corrected chi connectivity index (χ2v) is 20.7. The van der Waals surface area contributed by atoms with Crippen LogP contribution in [0.2, 0.25) is 0 Å². The van der Waals surface area contributed by atoms with Crippen molar-refractivity contribution in [2.75, 3.05) is 33.7 Å². The van der Waals surface area contributed by atoms with Gasteiger partial charge in [0.05, 0.1) is 26.3 Å². The molecular weight excluding hydrogens is 1150 g/mol. The van der Waals surface area contributed by atoms with Crippen molar-refractivity contribution in [3.05, 3.63) is 269 Å². The van der Waals surface area contributed by atoms with E-state index in [0.29, 0.717) is 36.9 Å². The van der Waals surface area contributed by atoms with Crippen molar-refractivity contribution in [3.63, 3.8) is 0 Å². The molecule has 86 heavy (non-hydrogen) atoms. The number of ether oxygens (including phenoxy) is 2. The van der Waals surface area contributed by atoms with Crippen LogP contribution in [0.5, 0.6) is 0 Å². The maximum atomic E-state index is 13.5. The van der Waals surface area contributed by atoms with Gasteiger partial charge in [-0.15, -0.1) is 0 Å². The molecule has 6 aromatic carbocycles. The molecule has 0 bridgehead atoms. The highest BCUT2D eigenvalue weighted by Crippen LogP contribution is 2.33. The predicted molar refractivity (Wildman–Crippen MR) is 338 cm³/mol. The molecule has 3 aromatic heterocycles. The van der Waals surface area contributed by atoms with Crippen LogP contribution in [0.1, 0.15) is 119 Å². The van der Waals surface area contributed by atoms with Gasteiger partial charge >= 0.3 is 23.9 Å². The number of hydrogen-bond donors (Lipinski definition) is 5. The molecular formula is C69H71BrN6O10. The van der Waals surface area contributed by atoms with Gasteiger partial charge < -0.3 is 49.3 Å². The number of carbonyl (C=O) groups is 6. The van der Waals surface area contributed by atoms with Crippen LogP contribution in [0.25, 0.3) is 0 Å². The number of H-pyrrole nitrogens is 2. The Morgan fingerprint density at radius 1 is 0.477 bits per heavy atom. The fourth-order valence-corrected chi connectivity index (χ4v) is 9.16. The van der Waals surface area contributed by atoms with E-state index in [-0.39, 0.29) is 47.8 Å². The molecule has 2 aliphatic rings. The molecule has 0 radical (unpaired) electrons. The molecule has 0 unspecified atom stereocenters. The second-order valence-electron chi connectivity index (χ2n) is 20.0. The van der Waals surface area contributed by atoms with E-state index in [1.165, 1.54) is 41.9 Å². The van der Waals surface area contributed by atoms with Gasteiger partial charge in [-0.2, -0.15) is 0 Å². The van der Waals surface area contributed by atoms with Crippen molar-refractivity contribution in [1.82, 2.24) is 14.5 Å². The maximum absolute atomic E-state index is 13.5. The summed E-state index contributed by atoms with van der Waals surface area (Å²) in [6.45, 7) is 6.26. The first-order valence-corrected chi connectivity index (χ1v) is 29.6. The molecule has 5 N–H and O–H groups in total. The van der Waals surface area contributed by atoms with Gasteiger partial charge in [0.2, 0.25) is 0 Å². The fourth-order valence-electron chi connectivity index (χ4n) is 8.51. The van der Waals surface area contributed by atoms with Gasteiger partial charge in [0.1, 0.15) is 34.2 Å². The highest BCUT2D eigenvalue weighted by molar-refractivity contribution is 9.09. The number of alkyl halides is 1. The van der Waals surface area contributed by atoms with E-state index in [1.807, 2.05) is 146 Å². The van der Waals surface area contributed by atoms with Crippen LogP contribution >= 0.6 is 15.9 Å². The predicted octanol–water partition coefficient (Wildman–Crippen LogP) is 14.5. The average Bonchev–Trinajstić information content (AvgIpc) is 2.37. The molecule has 2 fully saturated rings. The monoisotopic (exact) mass is 1220 g/mol. The van der Waals surface area contributed by atoms with Crippen LogP contribution in [0.15, 0.2) is 218 Å². The van der Waals surface area contributed by atoms with Crippen molar-refractivity contribution >= 4 is 68.7 Å². The number of carboxylic acids is 2. The van der Waals surface area contributed by atoms with E-state index < -0.39 is 23.9 Å². The Hall–Kier alpha value is -9.74. The van der Waals surface area contributed by atoms with Crippen molar-refractivity contribution in [1.29, 1.82) is 0 Å². The number of nitrogens with one attached hydrogen (secondary N) is 3. The number of benzene rings is 6. The van der Waals surface area contributed by atoms with E-state index in [9.17, 15) is 33.9 Å². The number of anilines is 3. The summed E-state index contributed by atoms with van der Waals surface area (Å²) in [5, 5.41) is 22.7. The zero-order valence-electron chi connectivity index (χ0n) is 48.1. The summed E-state index contributed by atoms with van der Waals surface area (Å²) >= 11 is 3.38. The Morgan fingerprint density at radius 3 is 1.28 bits per heavy atom. The maximum Gasteiger partial charge on any atom is 0.354 e. The third-order valence-corrected chi connectivity index (χ3v) is 14.3. The van der Waals surface area contributed by atoms with Gasteiger partial charge in [-0.25, -0.2) is 19.2 Å². The minimum Gasteiger partial charge on any atom is -0.477 e. The van der Waals surface area contributed by atoms with E-state index in [4.69, 9.17) is 9.84 Å². The van der Waals surface area contributed by atoms with Crippen LogP contribution in [0, 0.1) is 11.8 Å². The Bertz CT molecular complexity index is 3500. The number of nitrogens with zero attached hydrogens (tertiary/aromatic N) is 3. The number of aromatic amines is 2. The molecule has 0 atom stereocenters. The number of amides is 2. The van der Waals surface area contributed by atoms with Crippen molar-refractivity contribution in [2.24, 2.45) is 11.8 Å². The molecule has 2 aliphatic carbocycles. The molecule has 17 heteroatoms. The highest BCUT2D eigenvalue weighted by atomic mass is 79.9. The van der Waals surface area contributed by atoms with Gasteiger partial charge in [0, 0.05) is 35.5 Å². The van der Waals surface area contributed by atoms with Crippen LogP contribution in [-0.4, -0.2) is 79.0 Å². The van der Waals surface area contributed by atoms with Crippen LogP contribution < -0.4 is 15.1 Å². The number of para-hydroxylation sites is 3. The van der Waals surface area contributed by atoms with Crippen molar-refractivity contribution in [3.8, 4) is 0 Å². The molecule has 2 amide bonds. The minimum atomic E-state index is -1.10. The van der Waals surface area contributed by atoms with Crippen LogP contribution in [-0.2, 0) is 35.7 Å². The molecule has 444 valence electrons. The standard InChI is InChI=1S/C23H22N2O3.C21H20N2O3.C13H13N.C8H9NO4.C4H7Br/c26-22(20-13-14-21(23(27)28)25(20)16-18-11-12-18)24(19-9-5-2-6-10-19)15-17-7-3-1-4-8-17;1-2-26-21(25)19-14-13-18(22-19)20(24)23(17-11-7-4-8-12-17)15-16-9-5-3-6-10-16;1-3-7-12(8-4-1)11-14-13-9-5-2-6-10-13;1-2-13-8(12)6-4-3-5(9-6)7(10)11;5-3-4-1-2-4/h1-10,13-14,18H,11-12,15-16H2,(H,27,28);3-14,22H,2,15H2,1H3;1-10,14H,11H2;3-4,9H,2H2,1H3,(H,10,11);4H,1-3H2. The number of aromatic nitrogens is 3. The quantitative estimate of drug-likeness (QED) is 0.0357. The zero-order chi connectivity index (χ0) is 61.0. The normalized spacial score (nSPS) is 11.8. The summed E-state index contributed by atoms with van der Waals surface area (Å²) in [5.74, 6) is -2.02. The van der Waals surface area contributed by atoms with Crippen LogP contribution in [0.4, 0.5) is 17.1 Å². The fraction of sp³-hybridized carbons (Fsp3) is 0.217. The van der Waals surface area contributed by atoms with Gasteiger partial charge in [-0.3, -0.25) is 9.59 Å². The lowest BCUT2D eigenvalue weighted by molar-refractivity contribution is 0.0510. The topological polar surface area (TPSA) is 216 Å².